The average Bonchev–Trinajstić information content (AvgIpc) is 2.53. The number of hydrogen-bond donors (Lipinski definition) is 0. The summed E-state index contributed by atoms with van der Waals surface area (Å²) in [4.78, 5) is 5.49. The zero-order valence-electron chi connectivity index (χ0n) is 6.76. The van der Waals surface area contributed by atoms with Gasteiger partial charge >= 0.3 is 0 Å². The average molecular weight is 141 g/mol. The Hall–Kier alpha value is -0.0800. The Bertz CT molecular complexity index is 148. The first kappa shape index (κ1) is 6.62. The monoisotopic (exact) mass is 141 g/mol. The van der Waals surface area contributed by atoms with Crippen molar-refractivity contribution < 1.29 is 4.84 Å². The molecular formula is C8H15NO. The SMILES string of the molecule is CC1CCCCC12ON2C. The van der Waals surface area contributed by atoms with Gasteiger partial charge in [0.2, 0.25) is 0 Å². The minimum absolute atomic E-state index is 0.179. The van der Waals surface area contributed by atoms with Crippen LogP contribution in [0, 0.1) is 5.92 Å². The lowest BCUT2D eigenvalue weighted by Crippen LogP contribution is -2.29. The largest absolute Gasteiger partial charge is 0.272 e. The van der Waals surface area contributed by atoms with Gasteiger partial charge in [-0.25, -0.2) is 0 Å². The Morgan fingerprint density at radius 2 is 2.20 bits per heavy atom. The van der Waals surface area contributed by atoms with Crippen molar-refractivity contribution in [3.05, 3.63) is 0 Å². The van der Waals surface area contributed by atoms with Gasteiger partial charge in [0.05, 0.1) is 0 Å². The summed E-state index contributed by atoms with van der Waals surface area (Å²) in [7, 11) is 2.04. The molecule has 2 rings (SSSR count). The van der Waals surface area contributed by atoms with E-state index in [4.69, 9.17) is 4.84 Å². The summed E-state index contributed by atoms with van der Waals surface area (Å²) in [6, 6.07) is 0. The summed E-state index contributed by atoms with van der Waals surface area (Å²) >= 11 is 0. The maximum atomic E-state index is 5.49. The highest BCUT2D eigenvalue weighted by Crippen LogP contribution is 2.48. The van der Waals surface area contributed by atoms with E-state index in [1.54, 1.807) is 0 Å². The second kappa shape index (κ2) is 1.95. The molecule has 0 aromatic rings. The fraction of sp³-hybridized carbons (Fsp3) is 1.00. The van der Waals surface area contributed by atoms with Crippen LogP contribution in [0.3, 0.4) is 0 Å². The summed E-state index contributed by atoms with van der Waals surface area (Å²) in [5.41, 5.74) is 0.179. The highest BCUT2D eigenvalue weighted by atomic mass is 16.9. The van der Waals surface area contributed by atoms with Gasteiger partial charge in [0.15, 0.2) is 5.72 Å². The molecule has 0 aromatic carbocycles. The van der Waals surface area contributed by atoms with Gasteiger partial charge in [-0.2, -0.15) is 5.06 Å². The van der Waals surface area contributed by atoms with Crippen molar-refractivity contribution in [3.63, 3.8) is 0 Å². The Balaban J connectivity index is 2.06. The summed E-state index contributed by atoms with van der Waals surface area (Å²) in [5.74, 6) is 0.742. The Labute approximate surface area is 62.1 Å². The maximum absolute atomic E-state index is 5.49. The zero-order valence-corrected chi connectivity index (χ0v) is 6.76. The normalized spacial score (nSPS) is 53.4. The van der Waals surface area contributed by atoms with Gasteiger partial charge in [-0.1, -0.05) is 13.3 Å². The first-order valence-electron chi connectivity index (χ1n) is 4.19. The molecule has 1 aliphatic carbocycles. The molecule has 2 nitrogen and oxygen atoms in total. The van der Waals surface area contributed by atoms with Crippen molar-refractivity contribution in [2.75, 3.05) is 7.05 Å². The third kappa shape index (κ3) is 0.722. The van der Waals surface area contributed by atoms with Crippen LogP contribution in [0.4, 0.5) is 0 Å². The van der Waals surface area contributed by atoms with E-state index in [0.29, 0.717) is 0 Å². The Morgan fingerprint density at radius 1 is 1.50 bits per heavy atom. The molecule has 1 spiro atoms. The van der Waals surface area contributed by atoms with Gasteiger partial charge in [0.1, 0.15) is 0 Å². The van der Waals surface area contributed by atoms with Gasteiger partial charge in [-0.05, 0) is 19.3 Å². The van der Waals surface area contributed by atoms with Crippen molar-refractivity contribution >= 4 is 0 Å². The standard InChI is InChI=1S/C8H15NO/c1-7-5-3-4-6-8(7)9(2)10-8/h7H,3-6H2,1-2H3. The van der Waals surface area contributed by atoms with Crippen LogP contribution in [0.1, 0.15) is 32.6 Å². The second-order valence-corrected chi connectivity index (χ2v) is 3.58. The third-order valence-electron chi connectivity index (χ3n) is 2.99. The number of rotatable bonds is 0. The lowest BCUT2D eigenvalue weighted by atomic mass is 9.84. The second-order valence-electron chi connectivity index (χ2n) is 3.58. The molecule has 0 radical (unpaired) electrons. The van der Waals surface area contributed by atoms with Crippen LogP contribution in [0.5, 0.6) is 0 Å². The van der Waals surface area contributed by atoms with Gasteiger partial charge in [0.25, 0.3) is 0 Å². The number of hydroxylamine groups is 2. The molecule has 1 heterocycles. The molecular weight excluding hydrogens is 126 g/mol. The minimum atomic E-state index is 0.179. The summed E-state index contributed by atoms with van der Waals surface area (Å²) < 4.78 is 0. The lowest BCUT2D eigenvalue weighted by Gasteiger charge is -2.24. The molecule has 1 aliphatic heterocycles. The summed E-state index contributed by atoms with van der Waals surface area (Å²) in [5, 5.41) is 2.02. The van der Waals surface area contributed by atoms with Gasteiger partial charge in [0, 0.05) is 13.0 Å². The smallest absolute Gasteiger partial charge is 0.167 e. The summed E-state index contributed by atoms with van der Waals surface area (Å²) in [6.45, 7) is 2.29. The van der Waals surface area contributed by atoms with E-state index in [0.717, 1.165) is 5.92 Å². The molecule has 2 fully saturated rings. The molecule has 0 N–H and O–H groups in total. The van der Waals surface area contributed by atoms with Crippen molar-refractivity contribution in [2.45, 2.75) is 38.3 Å². The molecule has 2 heteroatoms. The summed E-state index contributed by atoms with van der Waals surface area (Å²) in [6.07, 6.45) is 5.31. The highest BCUT2D eigenvalue weighted by Gasteiger charge is 2.56. The van der Waals surface area contributed by atoms with Gasteiger partial charge < -0.3 is 0 Å². The van der Waals surface area contributed by atoms with E-state index in [-0.39, 0.29) is 5.72 Å². The molecule has 1 saturated heterocycles. The predicted molar refractivity (Wildman–Crippen MR) is 39.2 cm³/mol. The fourth-order valence-electron chi connectivity index (χ4n) is 2.12. The van der Waals surface area contributed by atoms with E-state index >= 15 is 0 Å². The molecule has 3 atom stereocenters. The molecule has 0 bridgehead atoms. The van der Waals surface area contributed by atoms with Crippen molar-refractivity contribution in [2.24, 2.45) is 5.92 Å². The Kier molecular flexibility index (Phi) is 1.29. The van der Waals surface area contributed by atoms with Crippen LogP contribution >= 0.6 is 0 Å². The minimum Gasteiger partial charge on any atom is -0.272 e. The highest BCUT2D eigenvalue weighted by molar-refractivity contribution is 4.92. The molecule has 1 saturated carbocycles. The van der Waals surface area contributed by atoms with Crippen LogP contribution in [0.25, 0.3) is 0 Å². The quantitative estimate of drug-likeness (QED) is 0.478. The first-order chi connectivity index (χ1) is 4.76. The third-order valence-corrected chi connectivity index (χ3v) is 2.99. The maximum Gasteiger partial charge on any atom is 0.167 e. The molecule has 10 heavy (non-hydrogen) atoms. The van der Waals surface area contributed by atoms with Gasteiger partial charge in [-0.3, -0.25) is 4.84 Å². The van der Waals surface area contributed by atoms with Crippen LogP contribution in [-0.4, -0.2) is 17.8 Å². The molecule has 2 aliphatic rings. The Morgan fingerprint density at radius 3 is 2.60 bits per heavy atom. The van der Waals surface area contributed by atoms with E-state index in [9.17, 15) is 0 Å². The van der Waals surface area contributed by atoms with Gasteiger partial charge in [-0.15, -0.1) is 0 Å². The lowest BCUT2D eigenvalue weighted by molar-refractivity contribution is 0.164. The van der Waals surface area contributed by atoms with E-state index in [2.05, 4.69) is 6.92 Å². The van der Waals surface area contributed by atoms with E-state index in [1.807, 2.05) is 12.1 Å². The molecule has 0 amide bonds. The van der Waals surface area contributed by atoms with Crippen LogP contribution < -0.4 is 0 Å². The number of nitrogens with zero attached hydrogens (tertiary/aromatic N) is 1. The predicted octanol–water partition coefficient (Wildman–Crippen LogP) is 1.77. The van der Waals surface area contributed by atoms with E-state index in [1.165, 1.54) is 25.7 Å². The topological polar surface area (TPSA) is 15.5 Å². The van der Waals surface area contributed by atoms with Crippen molar-refractivity contribution in [1.82, 2.24) is 5.06 Å². The van der Waals surface area contributed by atoms with Crippen molar-refractivity contribution in [1.29, 1.82) is 0 Å². The van der Waals surface area contributed by atoms with E-state index < -0.39 is 0 Å². The van der Waals surface area contributed by atoms with Crippen molar-refractivity contribution in [3.8, 4) is 0 Å². The van der Waals surface area contributed by atoms with Crippen LogP contribution in [0.2, 0.25) is 0 Å². The number of hydrogen-bond acceptors (Lipinski definition) is 2. The van der Waals surface area contributed by atoms with Crippen LogP contribution in [-0.2, 0) is 4.84 Å². The zero-order chi connectivity index (χ0) is 7.19. The molecule has 3 unspecified atom stereocenters. The van der Waals surface area contributed by atoms with Crippen LogP contribution in [0.15, 0.2) is 0 Å². The molecule has 0 aromatic heterocycles. The first-order valence-corrected chi connectivity index (χ1v) is 4.19. The molecule has 58 valence electrons. The fourth-order valence-corrected chi connectivity index (χ4v) is 2.12.